The Balaban J connectivity index is 2.28. The number of hydrogen-bond acceptors (Lipinski definition) is 10. The van der Waals surface area contributed by atoms with Gasteiger partial charge in [-0.3, -0.25) is 18.9 Å². The van der Waals surface area contributed by atoms with E-state index >= 15 is 4.39 Å². The number of nitrogens with zero attached hydrogens (tertiary/aromatic N) is 1. The van der Waals surface area contributed by atoms with Crippen LogP contribution in [0.25, 0.3) is 0 Å². The molecule has 0 amide bonds. The number of aliphatic hydroxyl groups is 1. The second kappa shape index (κ2) is 9.03. The first-order valence-electron chi connectivity index (χ1n) is 8.05. The summed E-state index contributed by atoms with van der Waals surface area (Å²) in [5, 5.41) is 10.3. The number of rotatable bonds is 8. The number of nitrogens with one attached hydrogen (secondary N) is 1. The summed E-state index contributed by atoms with van der Waals surface area (Å²) in [5.41, 5.74) is -5.14. The van der Waals surface area contributed by atoms with Crippen LogP contribution in [0.15, 0.2) is 21.9 Å². The zero-order chi connectivity index (χ0) is 24.7. The molecule has 0 spiro atoms. The Morgan fingerprint density at radius 1 is 1.25 bits per heavy atom. The van der Waals surface area contributed by atoms with E-state index in [9.17, 15) is 33.3 Å². The van der Waals surface area contributed by atoms with Gasteiger partial charge in [0.15, 0.2) is 6.23 Å². The second-order valence-corrected chi connectivity index (χ2v) is 10.6. The maximum atomic E-state index is 15.3. The SMILES string of the molecule is C#CC1(F)[C@@H](O)[C@@H]([C@H](C)OP(=O)(O)OP(=O)(O)OP(=O)(O)O)O[C@H]1n1ccc(=O)[nH]c1=O. The highest BCUT2D eigenvalue weighted by molar-refractivity contribution is 7.66. The first-order chi connectivity index (χ1) is 14.4. The van der Waals surface area contributed by atoms with Crippen molar-refractivity contribution in [3.05, 3.63) is 33.1 Å². The van der Waals surface area contributed by atoms with E-state index < -0.39 is 64.9 Å². The van der Waals surface area contributed by atoms with E-state index in [0.29, 0.717) is 4.57 Å². The molecule has 1 saturated heterocycles. The van der Waals surface area contributed by atoms with Gasteiger partial charge < -0.3 is 29.4 Å². The third kappa shape index (κ3) is 6.09. The van der Waals surface area contributed by atoms with Crippen LogP contribution in [-0.2, 0) is 31.6 Å². The highest BCUT2D eigenvalue weighted by Crippen LogP contribution is 2.66. The number of alkyl halides is 1. The third-order valence-corrected chi connectivity index (χ3v) is 7.82. The van der Waals surface area contributed by atoms with Crippen molar-refractivity contribution in [2.45, 2.75) is 37.1 Å². The van der Waals surface area contributed by atoms with Crippen molar-refractivity contribution in [3.63, 3.8) is 0 Å². The molecule has 1 aliphatic rings. The Morgan fingerprint density at radius 3 is 2.34 bits per heavy atom. The first kappa shape index (κ1) is 26.7. The number of aromatic nitrogens is 2. The van der Waals surface area contributed by atoms with E-state index in [2.05, 4.69) is 13.1 Å². The fourth-order valence-electron chi connectivity index (χ4n) is 2.68. The maximum absolute atomic E-state index is 15.3. The number of H-pyrrole nitrogens is 1. The van der Waals surface area contributed by atoms with E-state index in [1.165, 1.54) is 0 Å². The summed E-state index contributed by atoms with van der Waals surface area (Å²) in [7, 11) is -17.1. The normalized spacial score (nSPS) is 30.8. The Labute approximate surface area is 177 Å². The van der Waals surface area contributed by atoms with Crippen LogP contribution in [-0.4, -0.2) is 58.2 Å². The summed E-state index contributed by atoms with van der Waals surface area (Å²) in [5.74, 6) is 1.59. The molecule has 16 nitrogen and oxygen atoms in total. The van der Waals surface area contributed by atoms with Crippen molar-refractivity contribution in [1.29, 1.82) is 0 Å². The van der Waals surface area contributed by atoms with Crippen molar-refractivity contribution in [3.8, 4) is 12.3 Å². The van der Waals surface area contributed by atoms with Gasteiger partial charge in [-0.2, -0.15) is 8.62 Å². The van der Waals surface area contributed by atoms with Gasteiger partial charge in [-0.25, -0.2) is 22.9 Å². The van der Waals surface area contributed by atoms with Gasteiger partial charge in [-0.05, 0) is 6.92 Å². The molecule has 180 valence electrons. The molecule has 1 aromatic heterocycles. The number of hydrogen-bond donors (Lipinski definition) is 6. The van der Waals surface area contributed by atoms with Crippen LogP contribution in [0.1, 0.15) is 13.2 Å². The minimum atomic E-state index is -5.83. The van der Waals surface area contributed by atoms with Crippen molar-refractivity contribution < 1.29 is 60.6 Å². The summed E-state index contributed by atoms with van der Waals surface area (Å²) in [6.07, 6.45) is -2.18. The molecule has 20 heteroatoms. The van der Waals surface area contributed by atoms with Crippen LogP contribution in [0.2, 0.25) is 0 Å². The number of ether oxygens (including phenoxy) is 1. The second-order valence-electron chi connectivity index (χ2n) is 6.23. The Morgan fingerprint density at radius 2 is 1.84 bits per heavy atom. The van der Waals surface area contributed by atoms with Crippen molar-refractivity contribution in [2.24, 2.45) is 0 Å². The molecule has 0 saturated carbocycles. The lowest BCUT2D eigenvalue weighted by atomic mass is 9.95. The molecule has 7 atom stereocenters. The van der Waals surface area contributed by atoms with E-state index in [1.54, 1.807) is 10.9 Å². The lowest BCUT2D eigenvalue weighted by Crippen LogP contribution is -2.46. The lowest BCUT2D eigenvalue weighted by molar-refractivity contribution is -0.0781. The maximum Gasteiger partial charge on any atom is 0.490 e. The monoisotopic (exact) mass is 524 g/mol. The molecular weight excluding hydrogens is 508 g/mol. The summed E-state index contributed by atoms with van der Waals surface area (Å²) in [6, 6.07) is 0.816. The summed E-state index contributed by atoms with van der Waals surface area (Å²) in [6.45, 7) is 0.904. The molecule has 32 heavy (non-hydrogen) atoms. The molecule has 1 aromatic rings. The van der Waals surface area contributed by atoms with E-state index in [0.717, 1.165) is 19.2 Å². The van der Waals surface area contributed by atoms with Gasteiger partial charge in [0, 0.05) is 12.3 Å². The average molecular weight is 524 g/mol. The highest BCUT2D eigenvalue weighted by atomic mass is 31.3. The van der Waals surface area contributed by atoms with Crippen LogP contribution in [0.3, 0.4) is 0 Å². The van der Waals surface area contributed by atoms with E-state index in [-0.39, 0.29) is 0 Å². The molecule has 0 bridgehead atoms. The number of phosphoric acid groups is 3. The lowest BCUT2D eigenvalue weighted by Gasteiger charge is -2.25. The molecule has 0 aliphatic carbocycles. The molecule has 1 aliphatic heterocycles. The summed E-state index contributed by atoms with van der Waals surface area (Å²) in [4.78, 5) is 60.7. The number of aromatic amines is 1. The van der Waals surface area contributed by atoms with Crippen molar-refractivity contribution >= 4 is 23.5 Å². The van der Waals surface area contributed by atoms with Crippen molar-refractivity contribution in [2.75, 3.05) is 0 Å². The molecule has 0 aromatic carbocycles. The van der Waals surface area contributed by atoms with Crippen molar-refractivity contribution in [1.82, 2.24) is 9.55 Å². The summed E-state index contributed by atoms with van der Waals surface area (Å²) >= 11 is 0. The number of phosphoric ester groups is 1. The minimum absolute atomic E-state index is 0.488. The molecule has 3 unspecified atom stereocenters. The van der Waals surface area contributed by atoms with Gasteiger partial charge in [0.2, 0.25) is 5.67 Å². The van der Waals surface area contributed by atoms with Gasteiger partial charge in [-0.1, -0.05) is 5.92 Å². The third-order valence-electron chi connectivity index (χ3n) is 3.89. The van der Waals surface area contributed by atoms with E-state index in [1.807, 2.05) is 0 Å². The topological polar surface area (TPSA) is 244 Å². The molecule has 0 radical (unpaired) electrons. The standard InChI is InChI=1S/C12H16FN2O14P3/c1-3-12(13)9(17)8(26-10(12)15-5-4-7(16)14-11(15)18)6(2)27-31(22,23)29-32(24,25)28-30(19,20)21/h1,4-6,8-10,17H,2H3,(H,22,23)(H,24,25)(H,14,16,18)(H2,19,20,21)/t6-,8+,9-,10+,12?/m0/s1. The van der Waals surface area contributed by atoms with E-state index in [4.69, 9.17) is 25.8 Å². The highest BCUT2D eigenvalue weighted by Gasteiger charge is 2.60. The quantitative estimate of drug-likeness (QED) is 0.174. The molecule has 2 heterocycles. The Bertz CT molecular complexity index is 1170. The fourth-order valence-corrected chi connectivity index (χ4v) is 5.88. The minimum Gasteiger partial charge on any atom is -0.386 e. The fraction of sp³-hybridized carbons (Fsp3) is 0.500. The molecule has 6 N–H and O–H groups in total. The Kier molecular flexibility index (Phi) is 7.55. The zero-order valence-electron chi connectivity index (χ0n) is 15.6. The van der Waals surface area contributed by atoms with Crippen LogP contribution in [0.4, 0.5) is 4.39 Å². The smallest absolute Gasteiger partial charge is 0.386 e. The van der Waals surface area contributed by atoms with Gasteiger partial charge in [0.1, 0.15) is 12.2 Å². The van der Waals surface area contributed by atoms with Crippen LogP contribution in [0, 0.1) is 12.3 Å². The molecule has 2 rings (SSSR count). The molecule has 1 fully saturated rings. The average Bonchev–Trinajstić information content (AvgIpc) is 2.84. The summed E-state index contributed by atoms with van der Waals surface area (Å²) < 4.78 is 66.5. The zero-order valence-corrected chi connectivity index (χ0v) is 18.3. The number of aliphatic hydroxyl groups excluding tert-OH is 1. The number of terminal acetylenes is 1. The van der Waals surface area contributed by atoms with Gasteiger partial charge in [0.25, 0.3) is 5.56 Å². The largest absolute Gasteiger partial charge is 0.490 e. The van der Waals surface area contributed by atoms with Gasteiger partial charge >= 0.3 is 29.2 Å². The predicted molar refractivity (Wildman–Crippen MR) is 98.3 cm³/mol. The molecular formula is C12H16FN2O14P3. The van der Waals surface area contributed by atoms with Gasteiger partial charge in [-0.15, -0.1) is 6.42 Å². The first-order valence-corrected chi connectivity index (χ1v) is 12.6. The number of halogens is 1. The van der Waals surface area contributed by atoms with Crippen LogP contribution >= 0.6 is 23.5 Å². The predicted octanol–water partition coefficient (Wildman–Crippen LogP) is -1.13. The van der Waals surface area contributed by atoms with Crippen LogP contribution < -0.4 is 11.2 Å². The Hall–Kier alpha value is -1.50. The van der Waals surface area contributed by atoms with Crippen LogP contribution in [0.5, 0.6) is 0 Å². The van der Waals surface area contributed by atoms with Gasteiger partial charge in [0.05, 0.1) is 6.10 Å².